The first-order chi connectivity index (χ1) is 9.78. The molecule has 2 aliphatic carbocycles. The molecule has 1 aromatic rings. The van der Waals surface area contributed by atoms with E-state index < -0.39 is 11.5 Å². The molecule has 0 spiro atoms. The molecule has 0 aromatic heterocycles. The number of aryl methyl sites for hydroxylation is 1. The van der Waals surface area contributed by atoms with E-state index in [0.717, 1.165) is 37.7 Å². The molecule has 2 unspecified atom stereocenters. The fraction of sp³-hybridized carbons (Fsp3) is 0.611. The van der Waals surface area contributed by atoms with Crippen LogP contribution in [0.5, 0.6) is 0 Å². The van der Waals surface area contributed by atoms with E-state index in [9.17, 15) is 10.4 Å². The van der Waals surface area contributed by atoms with Crippen LogP contribution in [0.2, 0.25) is 0 Å². The number of aliphatic hydroxyl groups is 1. The predicted octanol–water partition coefficient (Wildman–Crippen LogP) is 3.73. The average molecular weight is 269 g/mol. The minimum absolute atomic E-state index is 0.301. The van der Waals surface area contributed by atoms with Crippen molar-refractivity contribution in [3.05, 3.63) is 35.4 Å². The maximum Gasteiger partial charge on any atom is 0.109 e. The average Bonchev–Trinajstić information content (AvgIpc) is 2.54. The molecule has 3 rings (SSSR count). The van der Waals surface area contributed by atoms with Crippen LogP contribution in [0.1, 0.15) is 56.1 Å². The smallest absolute Gasteiger partial charge is 0.109 e. The van der Waals surface area contributed by atoms with Gasteiger partial charge in [0.05, 0.1) is 12.2 Å². The summed E-state index contributed by atoms with van der Waals surface area (Å²) in [5.41, 5.74) is 1.68. The number of aliphatic hydroxyl groups excluding tert-OH is 1. The van der Waals surface area contributed by atoms with Crippen LogP contribution in [0.25, 0.3) is 0 Å². The summed E-state index contributed by atoms with van der Waals surface area (Å²) < 4.78 is 0. The van der Waals surface area contributed by atoms with Gasteiger partial charge in [0.1, 0.15) is 5.41 Å². The van der Waals surface area contributed by atoms with Gasteiger partial charge in [-0.1, -0.05) is 43.5 Å². The lowest BCUT2D eigenvalue weighted by Crippen LogP contribution is -2.46. The fourth-order valence-corrected chi connectivity index (χ4v) is 4.21. The predicted molar refractivity (Wildman–Crippen MR) is 79.3 cm³/mol. The molecule has 1 saturated carbocycles. The molecule has 106 valence electrons. The third-order valence-electron chi connectivity index (χ3n) is 5.32. The fourth-order valence-electron chi connectivity index (χ4n) is 4.21. The van der Waals surface area contributed by atoms with Crippen LogP contribution in [-0.4, -0.2) is 11.2 Å². The van der Waals surface area contributed by atoms with Gasteiger partial charge in [-0.2, -0.15) is 5.26 Å². The number of benzene rings is 1. The van der Waals surface area contributed by atoms with E-state index in [2.05, 4.69) is 18.2 Å². The minimum Gasteiger partial charge on any atom is -0.391 e. The third-order valence-corrected chi connectivity index (χ3v) is 5.32. The molecule has 0 bridgehead atoms. The summed E-state index contributed by atoms with van der Waals surface area (Å²) in [6, 6.07) is 10.7. The highest BCUT2D eigenvalue weighted by molar-refractivity contribution is 5.43. The molecule has 2 heteroatoms. The zero-order valence-corrected chi connectivity index (χ0v) is 12.0. The third kappa shape index (κ3) is 2.15. The van der Waals surface area contributed by atoms with Crippen LogP contribution in [-0.2, 0) is 11.8 Å². The number of hydrogen-bond acceptors (Lipinski definition) is 2. The number of rotatable bonds is 2. The van der Waals surface area contributed by atoms with E-state index in [1.807, 2.05) is 12.1 Å². The molecular formula is C18H23NO. The van der Waals surface area contributed by atoms with Crippen LogP contribution in [0.3, 0.4) is 0 Å². The minimum atomic E-state index is -0.670. The Hall–Kier alpha value is -1.33. The maximum absolute atomic E-state index is 11.0. The molecule has 2 atom stereocenters. The lowest BCUT2D eigenvalue weighted by molar-refractivity contribution is 0.0278. The van der Waals surface area contributed by atoms with Crippen molar-refractivity contribution in [3.63, 3.8) is 0 Å². The maximum atomic E-state index is 11.0. The topological polar surface area (TPSA) is 44.0 Å². The van der Waals surface area contributed by atoms with Crippen LogP contribution in [0.4, 0.5) is 0 Å². The summed E-state index contributed by atoms with van der Waals surface area (Å²) >= 11 is 0. The molecule has 1 N–H and O–H groups in total. The number of fused-ring (bicyclic) bond motifs is 1. The van der Waals surface area contributed by atoms with Gasteiger partial charge in [-0.15, -0.1) is 0 Å². The number of nitrogens with zero attached hydrogens (tertiary/aromatic N) is 1. The largest absolute Gasteiger partial charge is 0.391 e. The first kappa shape index (κ1) is 13.6. The highest BCUT2D eigenvalue weighted by atomic mass is 16.3. The van der Waals surface area contributed by atoms with Crippen molar-refractivity contribution in [3.8, 4) is 6.07 Å². The highest BCUT2D eigenvalue weighted by Gasteiger charge is 2.46. The Morgan fingerprint density at radius 3 is 2.65 bits per heavy atom. The second-order valence-electron chi connectivity index (χ2n) is 6.44. The summed E-state index contributed by atoms with van der Waals surface area (Å²) in [6.07, 6.45) is 8.17. The van der Waals surface area contributed by atoms with E-state index in [0.29, 0.717) is 5.92 Å². The van der Waals surface area contributed by atoms with Crippen molar-refractivity contribution in [1.29, 1.82) is 5.26 Å². The van der Waals surface area contributed by atoms with Crippen molar-refractivity contribution in [1.82, 2.24) is 0 Å². The first-order valence-corrected chi connectivity index (χ1v) is 7.95. The highest BCUT2D eigenvalue weighted by Crippen LogP contribution is 2.44. The van der Waals surface area contributed by atoms with E-state index in [1.54, 1.807) is 0 Å². The zero-order chi connectivity index (χ0) is 14.0. The molecule has 20 heavy (non-hydrogen) atoms. The second kappa shape index (κ2) is 5.58. The second-order valence-corrected chi connectivity index (χ2v) is 6.44. The molecule has 2 aliphatic rings. The van der Waals surface area contributed by atoms with Crippen molar-refractivity contribution in [2.75, 3.05) is 0 Å². The molecule has 1 aromatic carbocycles. The normalized spacial score (nSPS) is 28.4. The van der Waals surface area contributed by atoms with Crippen molar-refractivity contribution < 1.29 is 5.11 Å². The van der Waals surface area contributed by atoms with Gasteiger partial charge in [0.25, 0.3) is 0 Å². The summed E-state index contributed by atoms with van der Waals surface area (Å²) in [4.78, 5) is 0. The molecule has 0 aliphatic heterocycles. The van der Waals surface area contributed by atoms with Crippen LogP contribution < -0.4 is 0 Å². The van der Waals surface area contributed by atoms with E-state index in [1.165, 1.54) is 24.8 Å². The lowest BCUT2D eigenvalue weighted by Gasteiger charge is -2.41. The summed E-state index contributed by atoms with van der Waals surface area (Å²) in [6.45, 7) is 0. The Bertz CT molecular complexity index is 512. The Labute approximate surface area is 121 Å². The van der Waals surface area contributed by atoms with Crippen LogP contribution >= 0.6 is 0 Å². The Kier molecular flexibility index (Phi) is 3.81. The molecule has 0 radical (unpaired) electrons. The van der Waals surface area contributed by atoms with Gasteiger partial charge in [-0.3, -0.25) is 0 Å². The lowest BCUT2D eigenvalue weighted by atomic mass is 9.63. The molecule has 0 heterocycles. The quantitative estimate of drug-likeness (QED) is 0.889. The Balaban J connectivity index is 1.98. The summed E-state index contributed by atoms with van der Waals surface area (Å²) in [5, 5.41) is 20.9. The van der Waals surface area contributed by atoms with E-state index in [-0.39, 0.29) is 0 Å². The standard InChI is InChI=1S/C18H23NO/c19-13-18(17(20)15-8-2-1-3-9-15)12-6-10-14-7-4-5-11-16(14)18/h4-5,7,11,15,17,20H,1-3,6,8-10,12H2. The summed E-state index contributed by atoms with van der Waals surface area (Å²) in [5.74, 6) is 0.301. The van der Waals surface area contributed by atoms with Crippen LogP contribution in [0, 0.1) is 17.2 Å². The number of hydrogen-bond donors (Lipinski definition) is 1. The molecule has 0 amide bonds. The number of nitriles is 1. The van der Waals surface area contributed by atoms with Gasteiger partial charge >= 0.3 is 0 Å². The van der Waals surface area contributed by atoms with Gasteiger partial charge in [0.2, 0.25) is 0 Å². The zero-order valence-electron chi connectivity index (χ0n) is 12.0. The van der Waals surface area contributed by atoms with Gasteiger partial charge in [-0.25, -0.2) is 0 Å². The van der Waals surface area contributed by atoms with Gasteiger partial charge in [0.15, 0.2) is 0 Å². The Morgan fingerprint density at radius 2 is 1.90 bits per heavy atom. The van der Waals surface area contributed by atoms with Gasteiger partial charge in [0, 0.05) is 0 Å². The van der Waals surface area contributed by atoms with Gasteiger partial charge in [-0.05, 0) is 49.1 Å². The van der Waals surface area contributed by atoms with Crippen LogP contribution in [0.15, 0.2) is 24.3 Å². The van der Waals surface area contributed by atoms with Crippen molar-refractivity contribution >= 4 is 0 Å². The monoisotopic (exact) mass is 269 g/mol. The first-order valence-electron chi connectivity index (χ1n) is 7.95. The van der Waals surface area contributed by atoms with Crippen molar-refractivity contribution in [2.24, 2.45) is 5.92 Å². The van der Waals surface area contributed by atoms with E-state index >= 15 is 0 Å². The molecular weight excluding hydrogens is 246 g/mol. The van der Waals surface area contributed by atoms with Crippen molar-refractivity contribution in [2.45, 2.75) is 62.9 Å². The molecule has 2 nitrogen and oxygen atoms in total. The summed E-state index contributed by atoms with van der Waals surface area (Å²) in [7, 11) is 0. The van der Waals surface area contributed by atoms with Gasteiger partial charge < -0.3 is 5.11 Å². The SMILES string of the molecule is N#CC1(C(O)C2CCCCC2)CCCc2ccccc21. The molecule has 1 fully saturated rings. The van der Waals surface area contributed by atoms with E-state index in [4.69, 9.17) is 0 Å². The molecule has 0 saturated heterocycles. The Morgan fingerprint density at radius 1 is 1.15 bits per heavy atom.